The van der Waals surface area contributed by atoms with Crippen molar-refractivity contribution in [3.8, 4) is 0 Å². The van der Waals surface area contributed by atoms with Gasteiger partial charge >= 0.3 is 0 Å². The molecule has 1 aromatic heterocycles. The molecule has 0 fully saturated rings. The SMILES string of the molecule is CCOCc1nc(NC)cc(NC(C)CCN(C)C)n1. The van der Waals surface area contributed by atoms with Crippen LogP contribution in [-0.4, -0.2) is 55.2 Å². The van der Waals surface area contributed by atoms with Crippen molar-refractivity contribution in [2.75, 3.05) is 44.9 Å². The van der Waals surface area contributed by atoms with Crippen LogP contribution in [0.2, 0.25) is 0 Å². The highest BCUT2D eigenvalue weighted by atomic mass is 16.5. The molecule has 0 saturated heterocycles. The zero-order valence-electron chi connectivity index (χ0n) is 13.2. The van der Waals surface area contributed by atoms with Crippen molar-refractivity contribution < 1.29 is 4.74 Å². The van der Waals surface area contributed by atoms with E-state index in [1.807, 2.05) is 20.0 Å². The Morgan fingerprint density at radius 3 is 2.60 bits per heavy atom. The number of nitrogens with one attached hydrogen (secondary N) is 2. The molecule has 1 aromatic rings. The van der Waals surface area contributed by atoms with E-state index in [1.54, 1.807) is 0 Å². The highest BCUT2D eigenvalue weighted by Gasteiger charge is 2.07. The topological polar surface area (TPSA) is 62.3 Å². The van der Waals surface area contributed by atoms with Gasteiger partial charge in [0.1, 0.15) is 18.2 Å². The summed E-state index contributed by atoms with van der Waals surface area (Å²) in [6, 6.07) is 2.28. The lowest BCUT2D eigenvalue weighted by atomic mass is 10.2. The summed E-state index contributed by atoms with van der Waals surface area (Å²) < 4.78 is 5.37. The quantitative estimate of drug-likeness (QED) is 0.720. The molecule has 6 nitrogen and oxygen atoms in total. The van der Waals surface area contributed by atoms with Crippen LogP contribution in [0.25, 0.3) is 0 Å². The maximum absolute atomic E-state index is 5.37. The first-order valence-corrected chi connectivity index (χ1v) is 7.09. The molecule has 0 aliphatic rings. The number of nitrogens with zero attached hydrogens (tertiary/aromatic N) is 3. The van der Waals surface area contributed by atoms with E-state index < -0.39 is 0 Å². The number of ether oxygens (including phenoxy) is 1. The van der Waals surface area contributed by atoms with E-state index in [4.69, 9.17) is 4.74 Å². The van der Waals surface area contributed by atoms with E-state index in [9.17, 15) is 0 Å². The zero-order chi connectivity index (χ0) is 15.0. The lowest BCUT2D eigenvalue weighted by molar-refractivity contribution is 0.128. The Balaban J connectivity index is 2.67. The van der Waals surface area contributed by atoms with Crippen molar-refractivity contribution in [2.24, 2.45) is 0 Å². The fourth-order valence-corrected chi connectivity index (χ4v) is 1.73. The third-order valence-corrected chi connectivity index (χ3v) is 2.87. The standard InChI is InChI=1S/C14H27N5O/c1-6-20-10-14-17-12(15-3)9-13(18-14)16-11(2)7-8-19(4)5/h9,11H,6-8,10H2,1-5H3,(H2,15,16,17,18). The molecule has 1 rings (SSSR count). The van der Waals surface area contributed by atoms with Gasteiger partial charge in [-0.3, -0.25) is 0 Å². The molecule has 20 heavy (non-hydrogen) atoms. The summed E-state index contributed by atoms with van der Waals surface area (Å²) in [5.41, 5.74) is 0. The highest BCUT2D eigenvalue weighted by Crippen LogP contribution is 2.13. The number of aromatic nitrogens is 2. The van der Waals surface area contributed by atoms with Crippen molar-refractivity contribution in [3.63, 3.8) is 0 Å². The van der Waals surface area contributed by atoms with E-state index >= 15 is 0 Å². The first-order chi connectivity index (χ1) is 9.55. The fraction of sp³-hybridized carbons (Fsp3) is 0.714. The molecule has 0 spiro atoms. The molecule has 1 heterocycles. The minimum absolute atomic E-state index is 0.358. The van der Waals surface area contributed by atoms with Crippen molar-refractivity contribution in [1.29, 1.82) is 0 Å². The minimum Gasteiger partial charge on any atom is -0.374 e. The zero-order valence-corrected chi connectivity index (χ0v) is 13.2. The van der Waals surface area contributed by atoms with Gasteiger partial charge in [-0.2, -0.15) is 0 Å². The Hall–Kier alpha value is -1.40. The summed E-state index contributed by atoms with van der Waals surface area (Å²) >= 11 is 0. The van der Waals surface area contributed by atoms with E-state index in [0.717, 1.165) is 24.6 Å². The van der Waals surface area contributed by atoms with Crippen LogP contribution in [0.15, 0.2) is 6.07 Å². The monoisotopic (exact) mass is 281 g/mol. The average Bonchev–Trinajstić information content (AvgIpc) is 2.42. The molecule has 0 radical (unpaired) electrons. The maximum Gasteiger partial charge on any atom is 0.158 e. The molecule has 1 unspecified atom stereocenters. The van der Waals surface area contributed by atoms with Gasteiger partial charge in [-0.15, -0.1) is 0 Å². The summed E-state index contributed by atoms with van der Waals surface area (Å²) in [5, 5.41) is 6.47. The van der Waals surface area contributed by atoms with Crippen LogP contribution >= 0.6 is 0 Å². The second kappa shape index (κ2) is 8.71. The van der Waals surface area contributed by atoms with Gasteiger partial charge in [0.05, 0.1) is 0 Å². The van der Waals surface area contributed by atoms with Gasteiger partial charge in [-0.05, 0) is 40.9 Å². The first kappa shape index (κ1) is 16.7. The molecule has 0 aliphatic heterocycles. The summed E-state index contributed by atoms with van der Waals surface area (Å²) in [6.07, 6.45) is 1.06. The molecular weight excluding hydrogens is 254 g/mol. The van der Waals surface area contributed by atoms with Gasteiger partial charge in [-0.25, -0.2) is 9.97 Å². The number of anilines is 2. The van der Waals surface area contributed by atoms with Gasteiger partial charge < -0.3 is 20.3 Å². The van der Waals surface area contributed by atoms with E-state index in [2.05, 4.69) is 46.5 Å². The predicted octanol–water partition coefficient (Wildman–Crippen LogP) is 1.81. The summed E-state index contributed by atoms with van der Waals surface area (Å²) in [4.78, 5) is 11.0. The molecule has 114 valence electrons. The molecule has 0 aliphatic carbocycles. The van der Waals surface area contributed by atoms with Crippen molar-refractivity contribution >= 4 is 11.6 Å². The highest BCUT2D eigenvalue weighted by molar-refractivity contribution is 5.47. The molecule has 0 amide bonds. The van der Waals surface area contributed by atoms with E-state index in [0.29, 0.717) is 25.1 Å². The normalized spacial score (nSPS) is 12.5. The van der Waals surface area contributed by atoms with Crippen molar-refractivity contribution in [2.45, 2.75) is 32.9 Å². The molecule has 6 heteroatoms. The Labute approximate surface area is 121 Å². The van der Waals surface area contributed by atoms with Crippen LogP contribution in [0.4, 0.5) is 11.6 Å². The minimum atomic E-state index is 0.358. The molecular formula is C14H27N5O. The van der Waals surface area contributed by atoms with Gasteiger partial charge in [0.2, 0.25) is 0 Å². The predicted molar refractivity (Wildman–Crippen MR) is 83.2 cm³/mol. The van der Waals surface area contributed by atoms with Gasteiger partial charge in [0.25, 0.3) is 0 Å². The summed E-state index contributed by atoms with van der Waals surface area (Å²) in [6.45, 7) is 6.27. The van der Waals surface area contributed by atoms with Crippen LogP contribution in [0.3, 0.4) is 0 Å². The maximum atomic E-state index is 5.37. The summed E-state index contributed by atoms with van der Waals surface area (Å²) in [7, 11) is 6.01. The van der Waals surface area contributed by atoms with Crippen molar-refractivity contribution in [3.05, 3.63) is 11.9 Å². The largest absolute Gasteiger partial charge is 0.374 e. The Kier molecular flexibility index (Phi) is 7.25. The van der Waals surface area contributed by atoms with Crippen LogP contribution in [0.5, 0.6) is 0 Å². The van der Waals surface area contributed by atoms with Crippen LogP contribution in [-0.2, 0) is 11.3 Å². The molecule has 0 saturated carbocycles. The third-order valence-electron chi connectivity index (χ3n) is 2.87. The Bertz CT molecular complexity index is 397. The number of hydrogen-bond donors (Lipinski definition) is 2. The first-order valence-electron chi connectivity index (χ1n) is 7.09. The van der Waals surface area contributed by atoms with Crippen LogP contribution in [0, 0.1) is 0 Å². The number of hydrogen-bond acceptors (Lipinski definition) is 6. The second-order valence-electron chi connectivity index (χ2n) is 5.08. The van der Waals surface area contributed by atoms with Crippen LogP contribution in [0.1, 0.15) is 26.1 Å². The van der Waals surface area contributed by atoms with Crippen molar-refractivity contribution in [1.82, 2.24) is 14.9 Å². The number of rotatable bonds is 9. The molecule has 1 atom stereocenters. The molecule has 2 N–H and O–H groups in total. The Morgan fingerprint density at radius 2 is 2.00 bits per heavy atom. The summed E-state index contributed by atoms with van der Waals surface area (Å²) in [5.74, 6) is 2.34. The lowest BCUT2D eigenvalue weighted by Crippen LogP contribution is -2.23. The lowest BCUT2D eigenvalue weighted by Gasteiger charge is -2.18. The van der Waals surface area contributed by atoms with E-state index in [1.165, 1.54) is 0 Å². The average molecular weight is 281 g/mol. The Morgan fingerprint density at radius 1 is 1.30 bits per heavy atom. The molecule has 0 bridgehead atoms. The third kappa shape index (κ3) is 6.16. The van der Waals surface area contributed by atoms with Gasteiger partial charge in [-0.1, -0.05) is 0 Å². The molecule has 0 aromatic carbocycles. The fourth-order valence-electron chi connectivity index (χ4n) is 1.73. The van der Waals surface area contributed by atoms with Gasteiger partial charge in [0.15, 0.2) is 5.82 Å². The smallest absolute Gasteiger partial charge is 0.158 e. The van der Waals surface area contributed by atoms with Crippen LogP contribution < -0.4 is 10.6 Å². The van der Waals surface area contributed by atoms with E-state index in [-0.39, 0.29) is 0 Å². The van der Waals surface area contributed by atoms with Gasteiger partial charge in [0, 0.05) is 25.8 Å². The second-order valence-corrected chi connectivity index (χ2v) is 5.08.